The van der Waals surface area contributed by atoms with E-state index < -0.39 is 17.8 Å². The van der Waals surface area contributed by atoms with Gasteiger partial charge in [0.25, 0.3) is 5.91 Å². The minimum atomic E-state index is -4.38. The third-order valence-electron chi connectivity index (χ3n) is 5.84. The molecular formula is C22H23F3N3O2+. The fourth-order valence-corrected chi connectivity index (χ4v) is 4.27. The minimum absolute atomic E-state index is 0.158. The van der Waals surface area contributed by atoms with Crippen molar-refractivity contribution in [2.24, 2.45) is 0 Å². The van der Waals surface area contributed by atoms with E-state index in [4.69, 9.17) is 0 Å². The van der Waals surface area contributed by atoms with Crippen LogP contribution < -0.4 is 14.7 Å². The van der Waals surface area contributed by atoms with Gasteiger partial charge in [-0.05, 0) is 42.8 Å². The van der Waals surface area contributed by atoms with Crippen molar-refractivity contribution < 1.29 is 27.7 Å². The zero-order valence-electron chi connectivity index (χ0n) is 16.6. The number of alkyl halides is 3. The molecule has 0 bridgehead atoms. The molecule has 2 amide bonds. The molecule has 30 heavy (non-hydrogen) atoms. The predicted molar refractivity (Wildman–Crippen MR) is 106 cm³/mol. The van der Waals surface area contributed by atoms with Crippen LogP contribution >= 0.6 is 0 Å². The van der Waals surface area contributed by atoms with Crippen molar-refractivity contribution in [3.8, 4) is 0 Å². The number of carbonyl (C=O) groups is 2. The number of imide groups is 1. The number of nitrogens with zero attached hydrogens (tertiary/aromatic N) is 2. The Balaban J connectivity index is 1.44. The average molecular weight is 418 g/mol. The summed E-state index contributed by atoms with van der Waals surface area (Å²) in [4.78, 5) is 29.7. The fraction of sp³-hybridized carbons (Fsp3) is 0.364. The molecule has 2 heterocycles. The second-order valence-electron chi connectivity index (χ2n) is 7.86. The molecule has 2 aliphatic rings. The first-order chi connectivity index (χ1) is 14.2. The van der Waals surface area contributed by atoms with E-state index in [2.05, 4.69) is 0 Å². The third kappa shape index (κ3) is 3.92. The van der Waals surface area contributed by atoms with Gasteiger partial charge >= 0.3 is 6.18 Å². The molecule has 2 aromatic rings. The van der Waals surface area contributed by atoms with Gasteiger partial charge in [-0.15, -0.1) is 0 Å². The maximum atomic E-state index is 13.0. The highest BCUT2D eigenvalue weighted by molar-refractivity contribution is 6.21. The second-order valence-corrected chi connectivity index (χ2v) is 7.86. The van der Waals surface area contributed by atoms with E-state index in [1.807, 2.05) is 30.0 Å². The molecule has 0 saturated carbocycles. The van der Waals surface area contributed by atoms with Crippen LogP contribution in [0.25, 0.3) is 0 Å². The second kappa shape index (κ2) is 7.75. The molecule has 1 unspecified atom stereocenters. The molecule has 5 nitrogen and oxygen atoms in total. The maximum Gasteiger partial charge on any atom is 0.416 e. The Bertz CT molecular complexity index is 968. The van der Waals surface area contributed by atoms with Crippen molar-refractivity contribution in [1.82, 2.24) is 0 Å². The van der Waals surface area contributed by atoms with Crippen LogP contribution in [0.5, 0.6) is 0 Å². The van der Waals surface area contributed by atoms with Crippen molar-refractivity contribution in [2.75, 3.05) is 36.0 Å². The van der Waals surface area contributed by atoms with Crippen LogP contribution in [0, 0.1) is 6.92 Å². The highest BCUT2D eigenvalue weighted by atomic mass is 19.4. The Morgan fingerprint density at radius 3 is 2.30 bits per heavy atom. The summed E-state index contributed by atoms with van der Waals surface area (Å²) in [7, 11) is 0. The molecule has 0 radical (unpaired) electrons. The lowest BCUT2D eigenvalue weighted by Crippen LogP contribution is -3.19. The van der Waals surface area contributed by atoms with Crippen LogP contribution in [0.2, 0.25) is 0 Å². The summed E-state index contributed by atoms with van der Waals surface area (Å²) in [5, 5.41) is 0. The summed E-state index contributed by atoms with van der Waals surface area (Å²) in [6.07, 6.45) is -4.22. The number of carbonyl (C=O) groups excluding carboxylic acids is 2. The molecule has 4 rings (SSSR count). The zero-order valence-corrected chi connectivity index (χ0v) is 16.6. The van der Waals surface area contributed by atoms with Gasteiger partial charge in [0, 0.05) is 5.69 Å². The molecule has 1 atom stereocenters. The third-order valence-corrected chi connectivity index (χ3v) is 5.84. The first-order valence-corrected chi connectivity index (χ1v) is 9.94. The smallest absolute Gasteiger partial charge is 0.360 e. The normalized spacial score (nSPS) is 20.9. The van der Waals surface area contributed by atoms with E-state index in [-0.39, 0.29) is 18.2 Å². The number of anilines is 2. The standard InChI is InChI=1S/C22H22F3N3O2/c1-15-4-2-7-18(12-15)28-20(29)14-19(21(28)30)27-10-8-26(9-11-27)17-6-3-5-16(13-17)22(23,24)25/h2-7,12-13,19H,8-11,14H2,1H3/p+1. The van der Waals surface area contributed by atoms with E-state index in [1.165, 1.54) is 11.0 Å². The van der Waals surface area contributed by atoms with Gasteiger partial charge in [-0.1, -0.05) is 18.2 Å². The molecule has 2 aromatic carbocycles. The largest absolute Gasteiger partial charge is 0.416 e. The quantitative estimate of drug-likeness (QED) is 0.777. The summed E-state index contributed by atoms with van der Waals surface area (Å²) >= 11 is 0. The van der Waals surface area contributed by atoms with Gasteiger partial charge in [0.05, 0.1) is 43.9 Å². The molecule has 2 aliphatic heterocycles. The van der Waals surface area contributed by atoms with E-state index in [0.717, 1.165) is 22.6 Å². The first kappa shape index (κ1) is 20.4. The number of nitrogens with one attached hydrogen (secondary N) is 1. The van der Waals surface area contributed by atoms with Crippen molar-refractivity contribution in [3.63, 3.8) is 0 Å². The summed E-state index contributed by atoms with van der Waals surface area (Å²) in [6.45, 7) is 4.13. The summed E-state index contributed by atoms with van der Waals surface area (Å²) in [5.74, 6) is -0.406. The number of hydrogen-bond acceptors (Lipinski definition) is 3. The van der Waals surface area contributed by atoms with Gasteiger partial charge in [0.15, 0.2) is 6.04 Å². The average Bonchev–Trinajstić information content (AvgIpc) is 3.01. The Labute approximate surface area is 172 Å². The highest BCUT2D eigenvalue weighted by Gasteiger charge is 2.46. The Morgan fingerprint density at radius 1 is 0.967 bits per heavy atom. The van der Waals surface area contributed by atoms with Crippen molar-refractivity contribution >= 4 is 23.2 Å². The molecule has 0 aromatic heterocycles. The predicted octanol–water partition coefficient (Wildman–Crippen LogP) is 2.05. The lowest BCUT2D eigenvalue weighted by molar-refractivity contribution is -0.915. The summed E-state index contributed by atoms with van der Waals surface area (Å²) < 4.78 is 39.0. The topological polar surface area (TPSA) is 45.1 Å². The maximum absolute atomic E-state index is 13.0. The van der Waals surface area contributed by atoms with Crippen LogP contribution in [0.3, 0.4) is 0 Å². The van der Waals surface area contributed by atoms with Crippen LogP contribution in [-0.2, 0) is 15.8 Å². The number of quaternary nitrogens is 1. The first-order valence-electron chi connectivity index (χ1n) is 9.94. The van der Waals surface area contributed by atoms with Crippen LogP contribution in [0.1, 0.15) is 17.5 Å². The Kier molecular flexibility index (Phi) is 5.27. The number of piperazine rings is 1. The SMILES string of the molecule is Cc1cccc(N2C(=O)CC([NH+]3CCN(c4cccc(C(F)(F)F)c4)CC3)C2=O)c1. The lowest BCUT2D eigenvalue weighted by atomic mass is 10.1. The molecule has 0 aliphatic carbocycles. The number of benzene rings is 2. The molecule has 0 spiro atoms. The van der Waals surface area contributed by atoms with E-state index in [0.29, 0.717) is 37.6 Å². The summed E-state index contributed by atoms with van der Waals surface area (Å²) in [5.41, 5.74) is 1.42. The van der Waals surface area contributed by atoms with E-state index in [9.17, 15) is 22.8 Å². The lowest BCUT2D eigenvalue weighted by Gasteiger charge is -2.35. The number of amides is 2. The molecule has 2 fully saturated rings. The van der Waals surface area contributed by atoms with Gasteiger partial charge in [0.2, 0.25) is 5.91 Å². The van der Waals surface area contributed by atoms with Crippen LogP contribution in [0.4, 0.5) is 24.5 Å². The summed E-state index contributed by atoms with van der Waals surface area (Å²) in [6, 6.07) is 12.2. The van der Waals surface area contributed by atoms with Crippen molar-refractivity contribution in [1.29, 1.82) is 0 Å². The van der Waals surface area contributed by atoms with Crippen LogP contribution in [0.15, 0.2) is 48.5 Å². The van der Waals surface area contributed by atoms with Crippen molar-refractivity contribution in [2.45, 2.75) is 25.6 Å². The fourth-order valence-electron chi connectivity index (χ4n) is 4.27. The van der Waals surface area contributed by atoms with Gasteiger partial charge in [0.1, 0.15) is 0 Å². The van der Waals surface area contributed by atoms with Gasteiger partial charge in [-0.2, -0.15) is 13.2 Å². The van der Waals surface area contributed by atoms with Crippen LogP contribution in [-0.4, -0.2) is 44.0 Å². The molecule has 2 saturated heterocycles. The zero-order chi connectivity index (χ0) is 21.5. The van der Waals surface area contributed by atoms with Gasteiger partial charge in [-0.25, -0.2) is 4.90 Å². The van der Waals surface area contributed by atoms with Gasteiger partial charge < -0.3 is 9.80 Å². The molecule has 158 valence electrons. The molecule has 8 heteroatoms. The monoisotopic (exact) mass is 418 g/mol. The molecule has 1 N–H and O–H groups in total. The molecular weight excluding hydrogens is 395 g/mol. The van der Waals surface area contributed by atoms with E-state index >= 15 is 0 Å². The minimum Gasteiger partial charge on any atom is -0.360 e. The number of aryl methyl sites for hydroxylation is 1. The Hall–Kier alpha value is -2.87. The van der Waals surface area contributed by atoms with Crippen molar-refractivity contribution in [3.05, 3.63) is 59.7 Å². The number of rotatable bonds is 3. The van der Waals surface area contributed by atoms with E-state index in [1.54, 1.807) is 12.1 Å². The number of halogens is 3. The van der Waals surface area contributed by atoms with Gasteiger partial charge in [-0.3, -0.25) is 9.59 Å². The Morgan fingerprint density at radius 2 is 1.63 bits per heavy atom. The highest BCUT2D eigenvalue weighted by Crippen LogP contribution is 2.31. The number of hydrogen-bond donors (Lipinski definition) is 1.